The zero-order valence-electron chi connectivity index (χ0n) is 10.4. The van der Waals surface area contributed by atoms with Crippen LogP contribution in [-0.4, -0.2) is 14.6 Å². The lowest BCUT2D eigenvalue weighted by Crippen LogP contribution is -2.48. The van der Waals surface area contributed by atoms with E-state index in [0.29, 0.717) is 10.8 Å². The Hall–Kier alpha value is -1.07. The highest BCUT2D eigenvalue weighted by molar-refractivity contribution is 7.89. The molecule has 1 unspecified atom stereocenters. The Morgan fingerprint density at radius 2 is 1.94 bits per heavy atom. The van der Waals surface area contributed by atoms with E-state index in [2.05, 4.69) is 10.0 Å². The van der Waals surface area contributed by atoms with Crippen LogP contribution in [-0.2, 0) is 10.0 Å². The van der Waals surface area contributed by atoms with Crippen LogP contribution in [0.4, 0.5) is 5.69 Å². The van der Waals surface area contributed by atoms with E-state index < -0.39 is 10.0 Å². The molecule has 3 rings (SSSR count). The fourth-order valence-electron chi connectivity index (χ4n) is 2.90. The Morgan fingerprint density at radius 1 is 1.22 bits per heavy atom. The van der Waals surface area contributed by atoms with Crippen LogP contribution in [0.2, 0.25) is 0 Å². The minimum atomic E-state index is -3.36. The number of sulfonamides is 1. The number of anilines is 1. The second-order valence-electron chi connectivity index (χ2n) is 5.29. The van der Waals surface area contributed by atoms with E-state index in [1.54, 1.807) is 6.07 Å². The molecule has 1 atom stereocenters. The molecular weight excluding hydrogens is 248 g/mol. The summed E-state index contributed by atoms with van der Waals surface area (Å²) in [7, 11) is -3.36. The van der Waals surface area contributed by atoms with Gasteiger partial charge in [-0.05, 0) is 43.4 Å². The van der Waals surface area contributed by atoms with E-state index in [1.165, 1.54) is 12.8 Å². The molecule has 1 aliphatic heterocycles. The minimum Gasteiger partial charge on any atom is -0.368 e. The fraction of sp³-hybridized carbons (Fsp3) is 0.538. The van der Waals surface area contributed by atoms with Crippen molar-refractivity contribution in [3.63, 3.8) is 0 Å². The monoisotopic (exact) mass is 266 g/mol. The van der Waals surface area contributed by atoms with Gasteiger partial charge in [0.2, 0.25) is 10.0 Å². The van der Waals surface area contributed by atoms with E-state index in [9.17, 15) is 8.42 Å². The minimum absolute atomic E-state index is 0.146. The van der Waals surface area contributed by atoms with Crippen molar-refractivity contribution in [3.05, 3.63) is 23.8 Å². The molecule has 1 saturated carbocycles. The van der Waals surface area contributed by atoms with Crippen molar-refractivity contribution in [2.75, 3.05) is 5.32 Å². The Labute approximate surface area is 108 Å². The van der Waals surface area contributed by atoms with Crippen molar-refractivity contribution >= 4 is 15.7 Å². The normalized spacial score (nSPS) is 26.6. The van der Waals surface area contributed by atoms with Crippen molar-refractivity contribution in [1.82, 2.24) is 4.72 Å². The summed E-state index contributed by atoms with van der Waals surface area (Å²) in [6.45, 7) is 1.90. The third-order valence-electron chi connectivity index (χ3n) is 3.89. The van der Waals surface area contributed by atoms with Crippen molar-refractivity contribution in [2.24, 2.45) is 5.92 Å². The molecule has 0 radical (unpaired) electrons. The van der Waals surface area contributed by atoms with Gasteiger partial charge in [0.05, 0.1) is 11.9 Å². The molecule has 1 aliphatic carbocycles. The van der Waals surface area contributed by atoms with E-state index in [4.69, 9.17) is 0 Å². The quantitative estimate of drug-likeness (QED) is 0.819. The van der Waals surface area contributed by atoms with Crippen LogP contribution >= 0.6 is 0 Å². The van der Waals surface area contributed by atoms with Crippen LogP contribution in [0.5, 0.6) is 0 Å². The number of fused-ring (bicyclic) bond motifs is 1. The lowest BCUT2D eigenvalue weighted by Gasteiger charge is -2.32. The Kier molecular flexibility index (Phi) is 2.83. The summed E-state index contributed by atoms with van der Waals surface area (Å²) in [4.78, 5) is 0.372. The largest absolute Gasteiger partial charge is 0.368 e. The van der Waals surface area contributed by atoms with Crippen LogP contribution in [0.15, 0.2) is 23.1 Å². The van der Waals surface area contributed by atoms with Gasteiger partial charge < -0.3 is 5.32 Å². The van der Waals surface area contributed by atoms with Gasteiger partial charge in [-0.1, -0.05) is 18.9 Å². The highest BCUT2D eigenvalue weighted by Crippen LogP contribution is 2.34. The molecule has 5 heteroatoms. The van der Waals surface area contributed by atoms with Gasteiger partial charge in [0.1, 0.15) is 4.90 Å². The molecule has 0 amide bonds. The lowest BCUT2D eigenvalue weighted by atomic mass is 10.0. The third kappa shape index (κ3) is 2.01. The van der Waals surface area contributed by atoms with Crippen LogP contribution in [0.1, 0.15) is 31.2 Å². The molecule has 0 aromatic heterocycles. The van der Waals surface area contributed by atoms with Gasteiger partial charge in [-0.3, -0.25) is 0 Å². The van der Waals surface area contributed by atoms with Gasteiger partial charge in [-0.15, -0.1) is 0 Å². The molecule has 1 aromatic carbocycles. The Bertz CT molecular complexity index is 562. The Balaban J connectivity index is 1.97. The maximum absolute atomic E-state index is 12.2. The third-order valence-corrected chi connectivity index (χ3v) is 5.37. The second kappa shape index (κ2) is 4.24. The number of hydrogen-bond donors (Lipinski definition) is 2. The smallest absolute Gasteiger partial charge is 0.244 e. The highest BCUT2D eigenvalue weighted by Gasteiger charge is 2.34. The van der Waals surface area contributed by atoms with Gasteiger partial charge in [-0.25, -0.2) is 8.42 Å². The maximum Gasteiger partial charge on any atom is 0.244 e. The lowest BCUT2D eigenvalue weighted by molar-refractivity contribution is 0.427. The topological polar surface area (TPSA) is 58.2 Å². The summed E-state index contributed by atoms with van der Waals surface area (Å²) in [5.41, 5.74) is 1.69. The number of benzene rings is 1. The summed E-state index contributed by atoms with van der Waals surface area (Å²) in [6, 6.07) is 5.53. The van der Waals surface area contributed by atoms with Crippen LogP contribution in [0.3, 0.4) is 0 Å². The van der Waals surface area contributed by atoms with Crippen molar-refractivity contribution in [3.8, 4) is 0 Å². The van der Waals surface area contributed by atoms with Gasteiger partial charge >= 0.3 is 0 Å². The standard InChI is InChI=1S/C13H18N2O2S/c1-9-6-7-11-12(8-9)18(16,17)15-13(14-11)10-4-2-3-5-10/h6-8,10,13-15H,2-5H2,1H3. The predicted molar refractivity (Wildman–Crippen MR) is 70.9 cm³/mol. The molecule has 0 spiro atoms. The zero-order chi connectivity index (χ0) is 12.8. The molecule has 4 nitrogen and oxygen atoms in total. The van der Waals surface area contributed by atoms with Crippen molar-refractivity contribution in [2.45, 2.75) is 43.7 Å². The first-order valence-corrected chi connectivity index (χ1v) is 7.94. The number of rotatable bonds is 1. The van der Waals surface area contributed by atoms with Gasteiger partial charge in [0, 0.05) is 0 Å². The van der Waals surface area contributed by atoms with E-state index in [-0.39, 0.29) is 6.17 Å². The maximum atomic E-state index is 12.2. The second-order valence-corrected chi connectivity index (χ2v) is 6.97. The molecular formula is C13H18N2O2S. The zero-order valence-corrected chi connectivity index (χ0v) is 11.3. The van der Waals surface area contributed by atoms with E-state index in [1.807, 2.05) is 19.1 Å². The van der Waals surface area contributed by atoms with Crippen LogP contribution in [0, 0.1) is 12.8 Å². The van der Waals surface area contributed by atoms with Gasteiger partial charge in [-0.2, -0.15) is 4.72 Å². The average molecular weight is 266 g/mol. The molecule has 1 fully saturated rings. The number of hydrogen-bond acceptors (Lipinski definition) is 3. The first kappa shape index (κ1) is 12.0. The van der Waals surface area contributed by atoms with E-state index in [0.717, 1.165) is 24.1 Å². The predicted octanol–water partition coefficient (Wildman–Crippen LogP) is 2.22. The summed E-state index contributed by atoms with van der Waals surface area (Å²) < 4.78 is 27.3. The van der Waals surface area contributed by atoms with Crippen LogP contribution in [0.25, 0.3) is 0 Å². The van der Waals surface area contributed by atoms with Gasteiger partial charge in [0.25, 0.3) is 0 Å². The summed E-state index contributed by atoms with van der Waals surface area (Å²) in [6.07, 6.45) is 4.45. The van der Waals surface area contributed by atoms with Crippen LogP contribution < -0.4 is 10.0 Å². The molecule has 0 saturated heterocycles. The molecule has 2 N–H and O–H groups in total. The number of nitrogens with one attached hydrogen (secondary N) is 2. The first-order valence-electron chi connectivity index (χ1n) is 6.46. The summed E-state index contributed by atoms with van der Waals surface area (Å²) in [5.74, 6) is 0.411. The average Bonchev–Trinajstić information content (AvgIpc) is 2.83. The molecule has 1 heterocycles. The first-order chi connectivity index (χ1) is 8.56. The molecule has 98 valence electrons. The highest BCUT2D eigenvalue weighted by atomic mass is 32.2. The molecule has 18 heavy (non-hydrogen) atoms. The molecule has 2 aliphatic rings. The van der Waals surface area contributed by atoms with Gasteiger partial charge in [0.15, 0.2) is 0 Å². The van der Waals surface area contributed by atoms with Crippen molar-refractivity contribution < 1.29 is 8.42 Å². The summed E-state index contributed by atoms with van der Waals surface area (Å²) in [5, 5.41) is 3.33. The molecule has 0 bridgehead atoms. The molecule has 1 aromatic rings. The number of aryl methyl sites for hydroxylation is 1. The fourth-order valence-corrected chi connectivity index (χ4v) is 4.37. The summed E-state index contributed by atoms with van der Waals surface area (Å²) >= 11 is 0. The van der Waals surface area contributed by atoms with Crippen molar-refractivity contribution in [1.29, 1.82) is 0 Å². The Morgan fingerprint density at radius 3 is 2.67 bits per heavy atom. The SMILES string of the molecule is Cc1ccc2c(c1)S(=O)(=O)NC(C1CCCC1)N2. The van der Waals surface area contributed by atoms with E-state index >= 15 is 0 Å².